The van der Waals surface area contributed by atoms with E-state index >= 15 is 0 Å². The number of esters is 1. The molecule has 2 fully saturated rings. The number of carbonyl (C=O) groups is 1. The number of rotatable bonds is 9. The summed E-state index contributed by atoms with van der Waals surface area (Å²) in [6.45, 7) is 9.16. The molecule has 1 atom stereocenters. The Labute approximate surface area is 204 Å². The Morgan fingerprint density at radius 3 is 2.29 bits per heavy atom. The van der Waals surface area contributed by atoms with Crippen LogP contribution in [0.25, 0.3) is 6.08 Å². The van der Waals surface area contributed by atoms with Crippen molar-refractivity contribution in [3.63, 3.8) is 0 Å². The molecule has 0 unspecified atom stereocenters. The van der Waals surface area contributed by atoms with Gasteiger partial charge in [0.25, 0.3) is 0 Å². The summed E-state index contributed by atoms with van der Waals surface area (Å²) in [6.07, 6.45) is 9.94. The second-order valence-corrected chi connectivity index (χ2v) is 10.1. The summed E-state index contributed by atoms with van der Waals surface area (Å²) < 4.78 is 11.3. The first-order valence-corrected chi connectivity index (χ1v) is 12.7. The molecule has 1 saturated carbocycles. The number of cyclic esters (lactones) is 1. The van der Waals surface area contributed by atoms with Gasteiger partial charge in [-0.1, -0.05) is 56.3 Å². The highest BCUT2D eigenvalue weighted by Crippen LogP contribution is 2.41. The molecule has 4 heteroatoms. The molecule has 2 aromatic rings. The first kappa shape index (κ1) is 24.5. The molecule has 2 aliphatic rings. The van der Waals surface area contributed by atoms with Gasteiger partial charge in [0, 0.05) is 11.8 Å². The number of hydrogen-bond donors (Lipinski definition) is 1. The quantitative estimate of drug-likeness (QED) is 0.437. The van der Waals surface area contributed by atoms with E-state index in [1.165, 1.54) is 16.7 Å². The molecule has 1 saturated heterocycles. The van der Waals surface area contributed by atoms with Crippen molar-refractivity contribution < 1.29 is 19.4 Å². The monoisotopic (exact) mass is 462 g/mol. The minimum absolute atomic E-state index is 0.0799. The normalized spacial score (nSPS) is 19.8. The van der Waals surface area contributed by atoms with Crippen LogP contribution in [0.2, 0.25) is 0 Å². The largest absolute Gasteiger partial charge is 0.489 e. The molecule has 1 aliphatic heterocycles. The van der Waals surface area contributed by atoms with Crippen molar-refractivity contribution >= 4 is 12.0 Å². The van der Waals surface area contributed by atoms with Crippen LogP contribution < -0.4 is 4.74 Å². The topological polar surface area (TPSA) is 55.8 Å². The highest BCUT2D eigenvalue weighted by Gasteiger charge is 2.33. The third-order valence-electron chi connectivity index (χ3n) is 7.94. The molecule has 0 amide bonds. The van der Waals surface area contributed by atoms with Gasteiger partial charge in [-0.05, 0) is 86.3 Å². The Morgan fingerprint density at radius 2 is 1.76 bits per heavy atom. The number of benzene rings is 2. The lowest BCUT2D eigenvalue weighted by Crippen LogP contribution is -2.33. The van der Waals surface area contributed by atoms with Crippen molar-refractivity contribution in [2.45, 2.75) is 89.8 Å². The lowest BCUT2D eigenvalue weighted by molar-refractivity contribution is -0.142. The molecule has 34 heavy (non-hydrogen) atoms. The fourth-order valence-electron chi connectivity index (χ4n) is 5.34. The highest BCUT2D eigenvalue weighted by molar-refractivity contribution is 5.71. The summed E-state index contributed by atoms with van der Waals surface area (Å²) in [7, 11) is 0. The number of aryl methyl sites for hydroxylation is 2. The number of aliphatic hydroxyl groups is 1. The Kier molecular flexibility index (Phi) is 7.18. The van der Waals surface area contributed by atoms with E-state index in [1.54, 1.807) is 0 Å². The molecular formula is C30H38O4. The van der Waals surface area contributed by atoms with Crippen molar-refractivity contribution in [1.29, 1.82) is 0 Å². The average molecular weight is 463 g/mol. The second kappa shape index (κ2) is 9.95. The average Bonchev–Trinajstić information content (AvgIpc) is 3.23. The van der Waals surface area contributed by atoms with Gasteiger partial charge in [0.1, 0.15) is 18.5 Å². The Morgan fingerprint density at radius 1 is 1.09 bits per heavy atom. The Balaban J connectivity index is 1.55. The molecule has 4 rings (SSSR count). The van der Waals surface area contributed by atoms with Crippen molar-refractivity contribution in [2.24, 2.45) is 0 Å². The van der Waals surface area contributed by atoms with E-state index in [0.717, 1.165) is 55.4 Å². The highest BCUT2D eigenvalue weighted by atomic mass is 16.6. The maximum atomic E-state index is 11.3. The van der Waals surface area contributed by atoms with Crippen LogP contribution in [0, 0.1) is 13.8 Å². The summed E-state index contributed by atoms with van der Waals surface area (Å²) in [5.41, 5.74) is 5.41. The van der Waals surface area contributed by atoms with Gasteiger partial charge in [-0.2, -0.15) is 0 Å². The maximum absolute atomic E-state index is 11.3. The zero-order valence-electron chi connectivity index (χ0n) is 21.0. The van der Waals surface area contributed by atoms with E-state index < -0.39 is 5.60 Å². The van der Waals surface area contributed by atoms with E-state index in [9.17, 15) is 9.90 Å². The standard InChI is InChI=1S/C30H38O4/c1-5-30(6-2,24-9-8-23(21(3)18-24)14-17-29(32)15-7-16-29)25-10-12-27(22(4)19-25)33-20-26-11-13-28(31)34-26/h8-10,12,14,17-19,26,32H,5-7,11,13,15-16,20H2,1-4H3/b17-14+/t26-/m0/s1. The predicted molar refractivity (Wildman–Crippen MR) is 136 cm³/mol. The molecule has 4 nitrogen and oxygen atoms in total. The second-order valence-electron chi connectivity index (χ2n) is 10.1. The molecular weight excluding hydrogens is 424 g/mol. The van der Waals surface area contributed by atoms with Gasteiger partial charge in [0.2, 0.25) is 0 Å². The van der Waals surface area contributed by atoms with Gasteiger partial charge in [-0.25, -0.2) is 0 Å². The lowest BCUT2D eigenvalue weighted by Gasteiger charge is -2.34. The minimum Gasteiger partial charge on any atom is -0.489 e. The summed E-state index contributed by atoms with van der Waals surface area (Å²) in [5, 5.41) is 10.4. The summed E-state index contributed by atoms with van der Waals surface area (Å²) in [4.78, 5) is 11.3. The van der Waals surface area contributed by atoms with Crippen LogP contribution in [0.5, 0.6) is 5.75 Å². The van der Waals surface area contributed by atoms with Gasteiger partial charge in [0.05, 0.1) is 5.60 Å². The van der Waals surface area contributed by atoms with Gasteiger partial charge in [-0.15, -0.1) is 0 Å². The van der Waals surface area contributed by atoms with Gasteiger partial charge in [0.15, 0.2) is 0 Å². The molecule has 1 heterocycles. The SMILES string of the molecule is CCC(CC)(c1ccc(/C=C/C2(O)CCC2)c(C)c1)c1ccc(OC[C@@H]2CCC(=O)O2)c(C)c1. The number of ether oxygens (including phenoxy) is 2. The van der Waals surface area contributed by atoms with E-state index in [0.29, 0.717) is 13.0 Å². The van der Waals surface area contributed by atoms with Crippen LogP contribution in [-0.4, -0.2) is 29.4 Å². The smallest absolute Gasteiger partial charge is 0.306 e. The van der Waals surface area contributed by atoms with Crippen molar-refractivity contribution in [3.8, 4) is 5.75 Å². The summed E-state index contributed by atoms with van der Waals surface area (Å²) >= 11 is 0. The van der Waals surface area contributed by atoms with Crippen molar-refractivity contribution in [1.82, 2.24) is 0 Å². The van der Waals surface area contributed by atoms with E-state index in [-0.39, 0.29) is 17.5 Å². The van der Waals surface area contributed by atoms with Gasteiger partial charge in [-0.3, -0.25) is 4.79 Å². The first-order chi connectivity index (χ1) is 16.3. The summed E-state index contributed by atoms with van der Waals surface area (Å²) in [5.74, 6) is 0.713. The number of hydrogen-bond acceptors (Lipinski definition) is 4. The van der Waals surface area contributed by atoms with E-state index in [1.807, 2.05) is 6.08 Å². The zero-order chi connectivity index (χ0) is 24.3. The Bertz CT molecular complexity index is 1060. The molecule has 1 N–H and O–H groups in total. The van der Waals surface area contributed by atoms with Gasteiger partial charge < -0.3 is 14.6 Å². The molecule has 0 radical (unpaired) electrons. The fraction of sp³-hybridized carbons (Fsp3) is 0.500. The molecule has 1 aliphatic carbocycles. The van der Waals surface area contributed by atoms with Crippen molar-refractivity contribution in [2.75, 3.05) is 6.61 Å². The molecule has 0 spiro atoms. The van der Waals surface area contributed by atoms with Crippen LogP contribution >= 0.6 is 0 Å². The van der Waals surface area contributed by atoms with Gasteiger partial charge >= 0.3 is 5.97 Å². The third-order valence-corrected chi connectivity index (χ3v) is 7.94. The minimum atomic E-state index is -0.609. The zero-order valence-corrected chi connectivity index (χ0v) is 21.0. The van der Waals surface area contributed by atoms with Crippen LogP contribution in [0.4, 0.5) is 0 Å². The molecule has 0 bridgehead atoms. The van der Waals surface area contributed by atoms with Crippen LogP contribution in [-0.2, 0) is 14.9 Å². The van der Waals surface area contributed by atoms with Crippen LogP contribution in [0.3, 0.4) is 0 Å². The number of carbonyl (C=O) groups excluding carboxylic acids is 1. The molecule has 0 aromatic heterocycles. The summed E-state index contributed by atoms with van der Waals surface area (Å²) in [6, 6.07) is 13.2. The first-order valence-electron chi connectivity index (χ1n) is 12.7. The maximum Gasteiger partial charge on any atom is 0.306 e. The predicted octanol–water partition coefficient (Wildman–Crippen LogP) is 6.42. The van der Waals surface area contributed by atoms with Crippen LogP contribution in [0.15, 0.2) is 42.5 Å². The Hall–Kier alpha value is -2.59. The fourth-order valence-corrected chi connectivity index (χ4v) is 5.34. The molecule has 182 valence electrons. The third kappa shape index (κ3) is 4.93. The van der Waals surface area contributed by atoms with E-state index in [2.05, 4.69) is 70.2 Å². The van der Waals surface area contributed by atoms with Crippen LogP contribution in [0.1, 0.15) is 86.6 Å². The van der Waals surface area contributed by atoms with Crippen molar-refractivity contribution in [3.05, 3.63) is 70.3 Å². The molecule has 2 aromatic carbocycles. The lowest BCUT2D eigenvalue weighted by atomic mass is 9.70. The van der Waals surface area contributed by atoms with E-state index in [4.69, 9.17) is 9.47 Å².